The molecule has 1 aliphatic rings. The number of hydrogen-bond donors (Lipinski definition) is 0. The lowest BCUT2D eigenvalue weighted by molar-refractivity contribution is -0.136. The van der Waals surface area contributed by atoms with E-state index in [4.69, 9.17) is 14.2 Å². The average Bonchev–Trinajstić information content (AvgIpc) is 2.83. The molecule has 1 amide bonds. The van der Waals surface area contributed by atoms with Gasteiger partial charge in [0.15, 0.2) is 11.5 Å². The Morgan fingerprint density at radius 2 is 1.92 bits per heavy atom. The number of rotatable bonds is 5. The van der Waals surface area contributed by atoms with Crippen molar-refractivity contribution < 1.29 is 23.8 Å². The summed E-state index contributed by atoms with van der Waals surface area (Å²) in [7, 11) is 4.36. The van der Waals surface area contributed by atoms with Gasteiger partial charge in [-0.05, 0) is 26.0 Å². The van der Waals surface area contributed by atoms with Crippen molar-refractivity contribution in [2.24, 2.45) is 0 Å². The standard InChI is InChI=1S/C18H21NO5/c1-6-19-11(2)15(18(21)24-5)13(17(19)20)10-12-8-7-9-14(22-3)16(12)23-4/h7-10H,6H2,1-5H3. The largest absolute Gasteiger partial charge is 0.493 e. The van der Waals surface area contributed by atoms with Gasteiger partial charge in [-0.3, -0.25) is 4.79 Å². The van der Waals surface area contributed by atoms with Gasteiger partial charge in [-0.15, -0.1) is 0 Å². The highest BCUT2D eigenvalue weighted by atomic mass is 16.5. The van der Waals surface area contributed by atoms with E-state index in [1.165, 1.54) is 21.3 Å². The maximum atomic E-state index is 12.7. The molecule has 6 heteroatoms. The number of carbonyl (C=O) groups is 2. The predicted octanol–water partition coefficient (Wildman–Crippen LogP) is 2.40. The highest BCUT2D eigenvalue weighted by Gasteiger charge is 2.36. The Morgan fingerprint density at radius 3 is 2.46 bits per heavy atom. The summed E-state index contributed by atoms with van der Waals surface area (Å²) in [6.07, 6.45) is 1.63. The lowest BCUT2D eigenvalue weighted by atomic mass is 10.0. The maximum absolute atomic E-state index is 12.7. The Kier molecular flexibility index (Phi) is 5.28. The van der Waals surface area contributed by atoms with Crippen molar-refractivity contribution in [1.82, 2.24) is 4.90 Å². The van der Waals surface area contributed by atoms with E-state index in [2.05, 4.69) is 0 Å². The minimum atomic E-state index is -0.537. The second-order valence-corrected chi connectivity index (χ2v) is 5.14. The molecule has 1 aromatic rings. The zero-order valence-electron chi connectivity index (χ0n) is 14.5. The smallest absolute Gasteiger partial charge is 0.340 e. The van der Waals surface area contributed by atoms with Crippen LogP contribution in [-0.4, -0.2) is 44.7 Å². The van der Waals surface area contributed by atoms with Crippen LogP contribution >= 0.6 is 0 Å². The van der Waals surface area contributed by atoms with Gasteiger partial charge in [0.2, 0.25) is 0 Å². The lowest BCUT2D eigenvalue weighted by Gasteiger charge is -2.14. The van der Waals surface area contributed by atoms with E-state index >= 15 is 0 Å². The number of amides is 1. The quantitative estimate of drug-likeness (QED) is 0.612. The van der Waals surface area contributed by atoms with Crippen LogP contribution in [0.25, 0.3) is 6.08 Å². The van der Waals surface area contributed by atoms with Crippen LogP contribution in [0.2, 0.25) is 0 Å². The van der Waals surface area contributed by atoms with Gasteiger partial charge in [0.25, 0.3) is 5.91 Å². The molecule has 0 saturated carbocycles. The molecule has 0 bridgehead atoms. The molecule has 0 N–H and O–H groups in total. The van der Waals surface area contributed by atoms with Gasteiger partial charge in [-0.2, -0.15) is 0 Å². The molecule has 0 aromatic heterocycles. The van der Waals surface area contributed by atoms with E-state index in [-0.39, 0.29) is 17.1 Å². The molecule has 0 atom stereocenters. The number of benzene rings is 1. The minimum absolute atomic E-state index is 0.236. The van der Waals surface area contributed by atoms with Crippen LogP contribution in [0.4, 0.5) is 0 Å². The van der Waals surface area contributed by atoms with Crippen LogP contribution in [0.1, 0.15) is 19.4 Å². The van der Waals surface area contributed by atoms with E-state index in [1.807, 2.05) is 6.92 Å². The summed E-state index contributed by atoms with van der Waals surface area (Å²) in [5.74, 6) is 0.271. The van der Waals surface area contributed by atoms with Gasteiger partial charge in [0, 0.05) is 17.8 Å². The fraction of sp³-hybridized carbons (Fsp3) is 0.333. The molecule has 1 heterocycles. The van der Waals surface area contributed by atoms with Crippen molar-refractivity contribution >= 4 is 18.0 Å². The highest BCUT2D eigenvalue weighted by Crippen LogP contribution is 2.36. The second kappa shape index (κ2) is 7.21. The molecular weight excluding hydrogens is 310 g/mol. The predicted molar refractivity (Wildman–Crippen MR) is 89.6 cm³/mol. The van der Waals surface area contributed by atoms with Crippen LogP contribution in [-0.2, 0) is 14.3 Å². The monoisotopic (exact) mass is 331 g/mol. The van der Waals surface area contributed by atoms with Crippen molar-refractivity contribution in [2.45, 2.75) is 13.8 Å². The van der Waals surface area contributed by atoms with E-state index in [0.29, 0.717) is 29.3 Å². The van der Waals surface area contributed by atoms with Gasteiger partial charge in [-0.1, -0.05) is 12.1 Å². The first-order valence-corrected chi connectivity index (χ1v) is 7.54. The molecule has 0 saturated heterocycles. The maximum Gasteiger partial charge on any atom is 0.340 e. The van der Waals surface area contributed by atoms with Crippen LogP contribution in [0.5, 0.6) is 11.5 Å². The number of methoxy groups -OCH3 is 3. The van der Waals surface area contributed by atoms with Crippen LogP contribution in [0.15, 0.2) is 35.0 Å². The van der Waals surface area contributed by atoms with Gasteiger partial charge >= 0.3 is 5.97 Å². The molecule has 0 fully saturated rings. The fourth-order valence-electron chi connectivity index (χ4n) is 2.79. The first-order valence-electron chi connectivity index (χ1n) is 7.54. The van der Waals surface area contributed by atoms with Crippen molar-refractivity contribution in [3.05, 3.63) is 40.6 Å². The van der Waals surface area contributed by atoms with E-state index < -0.39 is 5.97 Å². The number of ether oxygens (including phenoxy) is 3. The Hall–Kier alpha value is -2.76. The molecule has 24 heavy (non-hydrogen) atoms. The topological polar surface area (TPSA) is 65.1 Å². The van der Waals surface area contributed by atoms with Gasteiger partial charge in [-0.25, -0.2) is 4.79 Å². The lowest BCUT2D eigenvalue weighted by Crippen LogP contribution is -2.24. The van der Waals surface area contributed by atoms with E-state index in [0.717, 1.165) is 0 Å². The number of nitrogens with zero attached hydrogens (tertiary/aromatic N) is 1. The number of likely N-dealkylation sites (N-methyl/N-ethyl adjacent to an activating group) is 1. The third-order valence-corrected chi connectivity index (χ3v) is 3.95. The van der Waals surface area contributed by atoms with E-state index in [1.54, 1.807) is 36.1 Å². The first kappa shape index (κ1) is 17.6. The molecule has 0 spiro atoms. The summed E-state index contributed by atoms with van der Waals surface area (Å²) in [6.45, 7) is 4.06. The zero-order chi connectivity index (χ0) is 17.9. The third kappa shape index (κ3) is 2.87. The number of allylic oxidation sites excluding steroid dienone is 1. The zero-order valence-corrected chi connectivity index (χ0v) is 14.5. The van der Waals surface area contributed by atoms with Crippen LogP contribution in [0.3, 0.4) is 0 Å². The Bertz CT molecular complexity index is 733. The number of hydrogen-bond acceptors (Lipinski definition) is 5. The Balaban J connectivity index is 2.63. The van der Waals surface area contributed by atoms with Crippen molar-refractivity contribution in [1.29, 1.82) is 0 Å². The average molecular weight is 331 g/mol. The Morgan fingerprint density at radius 1 is 1.21 bits per heavy atom. The summed E-state index contributed by atoms with van der Waals surface area (Å²) in [4.78, 5) is 26.4. The minimum Gasteiger partial charge on any atom is -0.493 e. The first-order chi connectivity index (χ1) is 11.5. The fourth-order valence-corrected chi connectivity index (χ4v) is 2.79. The highest BCUT2D eigenvalue weighted by molar-refractivity contribution is 6.16. The molecule has 1 aromatic carbocycles. The summed E-state index contributed by atoms with van der Waals surface area (Å²) >= 11 is 0. The molecule has 128 valence electrons. The summed E-state index contributed by atoms with van der Waals surface area (Å²) in [5, 5.41) is 0. The summed E-state index contributed by atoms with van der Waals surface area (Å²) in [6, 6.07) is 5.34. The Labute approximate surface area is 141 Å². The SMILES string of the molecule is CCN1C(=O)C(=Cc2cccc(OC)c2OC)C(C(=O)OC)=C1C. The van der Waals surface area contributed by atoms with Gasteiger partial charge < -0.3 is 19.1 Å². The molecular formula is C18H21NO5. The van der Waals surface area contributed by atoms with Crippen molar-refractivity contribution in [3.8, 4) is 11.5 Å². The number of esters is 1. The number of para-hydroxylation sites is 1. The molecule has 1 aliphatic heterocycles. The summed E-state index contributed by atoms with van der Waals surface area (Å²) < 4.78 is 15.5. The van der Waals surface area contributed by atoms with E-state index in [9.17, 15) is 9.59 Å². The molecule has 6 nitrogen and oxygen atoms in total. The molecule has 0 aliphatic carbocycles. The van der Waals surface area contributed by atoms with Crippen molar-refractivity contribution in [3.63, 3.8) is 0 Å². The molecule has 0 unspecified atom stereocenters. The normalized spacial score (nSPS) is 16.0. The molecule has 0 radical (unpaired) electrons. The summed E-state index contributed by atoms with van der Waals surface area (Å²) in [5.41, 5.74) is 1.79. The number of carbonyl (C=O) groups excluding carboxylic acids is 2. The van der Waals surface area contributed by atoms with Gasteiger partial charge in [0.1, 0.15) is 0 Å². The van der Waals surface area contributed by atoms with Gasteiger partial charge in [0.05, 0.1) is 32.5 Å². The second-order valence-electron chi connectivity index (χ2n) is 5.14. The van der Waals surface area contributed by atoms with Crippen molar-refractivity contribution in [2.75, 3.05) is 27.9 Å². The van der Waals surface area contributed by atoms with Crippen LogP contribution in [0, 0.1) is 0 Å². The third-order valence-electron chi connectivity index (χ3n) is 3.95. The van der Waals surface area contributed by atoms with Crippen LogP contribution < -0.4 is 9.47 Å². The molecule has 2 rings (SSSR count).